The number of halogens is 2. The van der Waals surface area contributed by atoms with Crippen molar-refractivity contribution in [1.29, 1.82) is 0 Å². The van der Waals surface area contributed by atoms with Crippen LogP contribution in [0.1, 0.15) is 42.3 Å². The SMILES string of the molecule is Cn1ccnc1C(NCCc1ccncc1)C1(c2ccc(Cl)c(Cl)c2)CCC1.O. The Labute approximate surface area is 181 Å². The molecule has 29 heavy (non-hydrogen) atoms. The van der Waals surface area contributed by atoms with Gasteiger partial charge in [-0.2, -0.15) is 0 Å². The minimum atomic E-state index is -0.0222. The molecular formula is C22H26Cl2N4O. The van der Waals surface area contributed by atoms with Crippen LogP contribution < -0.4 is 5.32 Å². The molecule has 4 rings (SSSR count). The van der Waals surface area contributed by atoms with Gasteiger partial charge in [-0.05, 0) is 61.2 Å². The van der Waals surface area contributed by atoms with Crippen molar-refractivity contribution in [1.82, 2.24) is 19.9 Å². The van der Waals surface area contributed by atoms with Gasteiger partial charge in [-0.25, -0.2) is 4.98 Å². The highest BCUT2D eigenvalue weighted by Crippen LogP contribution is 2.52. The van der Waals surface area contributed by atoms with Gasteiger partial charge >= 0.3 is 0 Å². The van der Waals surface area contributed by atoms with E-state index >= 15 is 0 Å². The molecule has 1 unspecified atom stereocenters. The van der Waals surface area contributed by atoms with Crippen LogP contribution in [0.5, 0.6) is 0 Å². The van der Waals surface area contributed by atoms with Crippen LogP contribution in [0.3, 0.4) is 0 Å². The maximum atomic E-state index is 6.37. The van der Waals surface area contributed by atoms with Crippen LogP contribution in [0.25, 0.3) is 0 Å². The van der Waals surface area contributed by atoms with Crippen molar-refractivity contribution in [3.8, 4) is 0 Å². The molecule has 1 atom stereocenters. The normalized spacial score (nSPS) is 16.0. The number of nitrogens with one attached hydrogen (secondary N) is 1. The zero-order chi connectivity index (χ0) is 19.6. The number of hydrogen-bond acceptors (Lipinski definition) is 3. The van der Waals surface area contributed by atoms with Crippen molar-refractivity contribution in [2.24, 2.45) is 7.05 Å². The average Bonchev–Trinajstić information content (AvgIpc) is 3.09. The highest BCUT2D eigenvalue weighted by atomic mass is 35.5. The molecule has 3 aromatic rings. The molecule has 0 radical (unpaired) electrons. The fourth-order valence-electron chi connectivity index (χ4n) is 4.21. The summed E-state index contributed by atoms with van der Waals surface area (Å²) in [5.41, 5.74) is 2.49. The van der Waals surface area contributed by atoms with Crippen molar-refractivity contribution in [3.63, 3.8) is 0 Å². The standard InChI is InChI=1S/C22H24Cl2N4.H2O/c1-28-14-13-27-21(28)20(26-12-7-16-5-10-25-11-6-16)22(8-2-9-22)17-3-4-18(23)19(24)15-17;/h3-6,10-11,13-15,20,26H,2,7-9,12H2,1H3;1H2. The Kier molecular flexibility index (Phi) is 6.96. The Morgan fingerprint density at radius 1 is 1.10 bits per heavy atom. The summed E-state index contributed by atoms with van der Waals surface area (Å²) in [5.74, 6) is 1.06. The molecule has 154 valence electrons. The third-order valence-electron chi connectivity index (χ3n) is 5.92. The lowest BCUT2D eigenvalue weighted by molar-refractivity contribution is 0.162. The van der Waals surface area contributed by atoms with Gasteiger partial charge in [0.2, 0.25) is 0 Å². The molecule has 7 heteroatoms. The first-order chi connectivity index (χ1) is 13.6. The van der Waals surface area contributed by atoms with Crippen molar-refractivity contribution in [3.05, 3.63) is 82.1 Å². The summed E-state index contributed by atoms with van der Waals surface area (Å²) in [4.78, 5) is 8.79. The lowest BCUT2D eigenvalue weighted by Gasteiger charge is -2.48. The predicted molar refractivity (Wildman–Crippen MR) is 117 cm³/mol. The number of benzene rings is 1. The molecule has 2 heterocycles. The molecule has 1 aromatic carbocycles. The molecular weight excluding hydrogens is 407 g/mol. The monoisotopic (exact) mass is 432 g/mol. The number of hydrogen-bond donors (Lipinski definition) is 1. The number of imidazole rings is 1. The fourth-order valence-corrected chi connectivity index (χ4v) is 4.50. The number of pyridine rings is 1. The zero-order valence-corrected chi connectivity index (χ0v) is 17.9. The van der Waals surface area contributed by atoms with Crippen LogP contribution in [-0.4, -0.2) is 26.6 Å². The summed E-state index contributed by atoms with van der Waals surface area (Å²) in [6.45, 7) is 0.866. The number of aromatic nitrogens is 3. The molecule has 0 amide bonds. The Morgan fingerprint density at radius 3 is 2.45 bits per heavy atom. The van der Waals surface area contributed by atoms with E-state index < -0.39 is 0 Å². The topological polar surface area (TPSA) is 74.2 Å². The third-order valence-corrected chi connectivity index (χ3v) is 6.66. The molecule has 1 aliphatic rings. The Balaban J connectivity index is 0.00000240. The van der Waals surface area contributed by atoms with Crippen molar-refractivity contribution in [2.75, 3.05) is 6.54 Å². The Hall–Kier alpha value is -1.92. The minimum absolute atomic E-state index is 0. The van der Waals surface area contributed by atoms with Crippen LogP contribution in [0.2, 0.25) is 10.0 Å². The van der Waals surface area contributed by atoms with E-state index in [-0.39, 0.29) is 16.9 Å². The summed E-state index contributed by atoms with van der Waals surface area (Å²) in [6.07, 6.45) is 11.9. The first-order valence-electron chi connectivity index (χ1n) is 9.65. The van der Waals surface area contributed by atoms with Gasteiger partial charge in [0.1, 0.15) is 5.82 Å². The summed E-state index contributed by atoms with van der Waals surface area (Å²) in [6, 6.07) is 10.3. The highest BCUT2D eigenvalue weighted by Gasteiger charge is 2.47. The van der Waals surface area contributed by atoms with Gasteiger partial charge in [0.15, 0.2) is 0 Å². The molecule has 0 saturated heterocycles. The second kappa shape index (κ2) is 9.26. The molecule has 0 aliphatic heterocycles. The molecule has 0 spiro atoms. The summed E-state index contributed by atoms with van der Waals surface area (Å²) >= 11 is 12.5. The van der Waals surface area contributed by atoms with Crippen LogP contribution >= 0.6 is 23.2 Å². The second-order valence-corrected chi connectivity index (χ2v) is 8.34. The van der Waals surface area contributed by atoms with Gasteiger partial charge in [-0.3, -0.25) is 4.98 Å². The van der Waals surface area contributed by atoms with Gasteiger partial charge in [0.25, 0.3) is 0 Å². The van der Waals surface area contributed by atoms with E-state index in [2.05, 4.69) is 45.1 Å². The average molecular weight is 433 g/mol. The molecule has 1 aliphatic carbocycles. The predicted octanol–water partition coefficient (Wildman–Crippen LogP) is 4.29. The van der Waals surface area contributed by atoms with E-state index in [9.17, 15) is 0 Å². The Morgan fingerprint density at radius 2 is 1.86 bits per heavy atom. The van der Waals surface area contributed by atoms with Crippen molar-refractivity contribution >= 4 is 23.2 Å². The second-order valence-electron chi connectivity index (χ2n) is 7.53. The summed E-state index contributed by atoms with van der Waals surface area (Å²) in [7, 11) is 2.06. The molecule has 1 fully saturated rings. The zero-order valence-electron chi connectivity index (χ0n) is 16.4. The first kappa shape index (κ1) is 21.8. The van der Waals surface area contributed by atoms with Crippen molar-refractivity contribution in [2.45, 2.75) is 37.1 Å². The summed E-state index contributed by atoms with van der Waals surface area (Å²) < 4.78 is 2.11. The van der Waals surface area contributed by atoms with E-state index in [4.69, 9.17) is 23.2 Å². The molecule has 1 saturated carbocycles. The molecule has 5 nitrogen and oxygen atoms in total. The van der Waals surface area contributed by atoms with E-state index in [1.54, 1.807) is 0 Å². The molecule has 0 bridgehead atoms. The van der Waals surface area contributed by atoms with Crippen LogP contribution in [0.4, 0.5) is 0 Å². The van der Waals surface area contributed by atoms with Gasteiger partial charge in [-0.1, -0.05) is 35.7 Å². The first-order valence-corrected chi connectivity index (χ1v) is 10.4. The number of rotatable bonds is 7. The van der Waals surface area contributed by atoms with Crippen molar-refractivity contribution < 1.29 is 5.48 Å². The fraction of sp³-hybridized carbons (Fsp3) is 0.364. The summed E-state index contributed by atoms with van der Waals surface area (Å²) in [5, 5.41) is 5.02. The van der Waals surface area contributed by atoms with Crippen LogP contribution in [0, 0.1) is 0 Å². The number of nitrogens with zero attached hydrogens (tertiary/aromatic N) is 3. The number of aryl methyl sites for hydroxylation is 1. The molecule has 2 aromatic heterocycles. The van der Waals surface area contributed by atoms with Gasteiger partial charge in [0, 0.05) is 37.3 Å². The smallest absolute Gasteiger partial charge is 0.126 e. The lowest BCUT2D eigenvalue weighted by Crippen LogP contribution is -2.48. The van der Waals surface area contributed by atoms with E-state index in [0.717, 1.165) is 31.6 Å². The van der Waals surface area contributed by atoms with Gasteiger partial charge < -0.3 is 15.4 Å². The lowest BCUT2D eigenvalue weighted by atomic mass is 9.59. The van der Waals surface area contributed by atoms with E-state index in [1.807, 2.05) is 36.9 Å². The molecule has 3 N–H and O–H groups in total. The highest BCUT2D eigenvalue weighted by molar-refractivity contribution is 6.42. The quantitative estimate of drug-likeness (QED) is 0.604. The Bertz CT molecular complexity index is 941. The van der Waals surface area contributed by atoms with Crippen LogP contribution in [0.15, 0.2) is 55.1 Å². The van der Waals surface area contributed by atoms with E-state index in [0.29, 0.717) is 10.0 Å². The largest absolute Gasteiger partial charge is 0.412 e. The minimum Gasteiger partial charge on any atom is -0.412 e. The van der Waals surface area contributed by atoms with Crippen LogP contribution in [-0.2, 0) is 18.9 Å². The van der Waals surface area contributed by atoms with Gasteiger partial charge in [0.05, 0.1) is 16.1 Å². The van der Waals surface area contributed by atoms with Gasteiger partial charge in [-0.15, -0.1) is 0 Å². The third kappa shape index (κ3) is 4.33. The van der Waals surface area contributed by atoms with E-state index in [1.165, 1.54) is 17.5 Å². The maximum absolute atomic E-state index is 6.37. The maximum Gasteiger partial charge on any atom is 0.126 e.